The van der Waals surface area contributed by atoms with Crippen LogP contribution < -0.4 is 10.6 Å². The minimum Gasteiger partial charge on any atom is -0.390 e. The summed E-state index contributed by atoms with van der Waals surface area (Å²) in [5.41, 5.74) is 3.46. The molecule has 2 aliphatic rings. The lowest BCUT2D eigenvalue weighted by Crippen LogP contribution is -2.30. The van der Waals surface area contributed by atoms with E-state index in [2.05, 4.69) is 22.5 Å². The van der Waals surface area contributed by atoms with Crippen LogP contribution in [0.25, 0.3) is 20.8 Å². The van der Waals surface area contributed by atoms with E-state index in [0.29, 0.717) is 11.4 Å². The highest BCUT2D eigenvalue weighted by molar-refractivity contribution is 7.21. The Kier molecular flexibility index (Phi) is 5.56. The zero-order valence-corrected chi connectivity index (χ0v) is 21.0. The van der Waals surface area contributed by atoms with Crippen molar-refractivity contribution in [3.63, 3.8) is 0 Å². The van der Waals surface area contributed by atoms with Crippen molar-refractivity contribution < 1.29 is 5.11 Å². The van der Waals surface area contributed by atoms with Gasteiger partial charge in [0.15, 0.2) is 0 Å². The third-order valence-electron chi connectivity index (χ3n) is 7.34. The van der Waals surface area contributed by atoms with Gasteiger partial charge in [-0.3, -0.25) is 4.98 Å². The molecule has 2 fully saturated rings. The van der Waals surface area contributed by atoms with Crippen LogP contribution in [0.5, 0.6) is 0 Å². The van der Waals surface area contributed by atoms with E-state index in [9.17, 15) is 5.11 Å². The molecule has 8 heteroatoms. The smallest absolute Gasteiger partial charge is 0.224 e. The second-order valence-corrected chi connectivity index (χ2v) is 11.8. The number of thiazole rings is 1. The number of nitrogens with one attached hydrogen (secondary N) is 2. The summed E-state index contributed by atoms with van der Waals surface area (Å²) in [7, 11) is 0. The quantitative estimate of drug-likeness (QED) is 0.433. The van der Waals surface area contributed by atoms with Gasteiger partial charge in [-0.15, -0.1) is 11.3 Å². The molecule has 0 bridgehead atoms. The number of fused-ring (bicyclic) bond motifs is 1. The number of pyridine rings is 1. The summed E-state index contributed by atoms with van der Waals surface area (Å²) in [5, 5.41) is 18.6. The van der Waals surface area contributed by atoms with Gasteiger partial charge in [0, 0.05) is 18.8 Å². The number of hydrogen-bond acceptors (Lipinski definition) is 8. The van der Waals surface area contributed by atoms with Crippen molar-refractivity contribution in [2.24, 2.45) is 11.3 Å². The summed E-state index contributed by atoms with van der Waals surface area (Å²) in [5.74, 6) is 1.78. The van der Waals surface area contributed by atoms with Gasteiger partial charge in [0.2, 0.25) is 5.95 Å². The first-order valence-corrected chi connectivity index (χ1v) is 12.8. The highest BCUT2D eigenvalue weighted by Gasteiger charge is 2.37. The highest BCUT2D eigenvalue weighted by atomic mass is 32.1. The molecule has 0 amide bonds. The summed E-state index contributed by atoms with van der Waals surface area (Å²) >= 11 is 1.66. The van der Waals surface area contributed by atoms with Gasteiger partial charge in [0.1, 0.15) is 16.3 Å². The van der Waals surface area contributed by atoms with Crippen LogP contribution in [0.1, 0.15) is 64.3 Å². The van der Waals surface area contributed by atoms with Gasteiger partial charge < -0.3 is 15.7 Å². The number of hydrogen-bond donors (Lipinski definition) is 3. The summed E-state index contributed by atoms with van der Waals surface area (Å²) < 4.78 is 1.12. The molecule has 0 saturated heterocycles. The van der Waals surface area contributed by atoms with Crippen molar-refractivity contribution in [2.75, 3.05) is 17.2 Å². The van der Waals surface area contributed by atoms with Crippen LogP contribution in [0.3, 0.4) is 0 Å². The predicted octanol–water partition coefficient (Wildman–Crippen LogP) is 5.33. The Morgan fingerprint density at radius 1 is 1.15 bits per heavy atom. The van der Waals surface area contributed by atoms with E-state index < -0.39 is 5.60 Å². The number of anilines is 2. The molecule has 2 unspecified atom stereocenters. The van der Waals surface area contributed by atoms with Gasteiger partial charge in [-0.05, 0) is 77.2 Å². The predicted molar refractivity (Wildman–Crippen MR) is 135 cm³/mol. The topological polar surface area (TPSA) is 95.9 Å². The van der Waals surface area contributed by atoms with Crippen molar-refractivity contribution in [1.82, 2.24) is 19.9 Å². The lowest BCUT2D eigenvalue weighted by atomic mass is 9.89. The Labute approximate surface area is 199 Å². The van der Waals surface area contributed by atoms with Crippen molar-refractivity contribution in [2.45, 2.75) is 78.4 Å². The molecule has 3 N–H and O–H groups in total. The van der Waals surface area contributed by atoms with Gasteiger partial charge >= 0.3 is 0 Å². The number of aryl methyl sites for hydroxylation is 2. The lowest BCUT2D eigenvalue weighted by molar-refractivity contribution is 0.0197. The summed E-state index contributed by atoms with van der Waals surface area (Å²) in [6.45, 7) is 11.1. The first-order valence-electron chi connectivity index (χ1n) is 12.0. The Morgan fingerprint density at radius 3 is 2.61 bits per heavy atom. The Balaban J connectivity index is 1.50. The van der Waals surface area contributed by atoms with Gasteiger partial charge in [-0.2, -0.15) is 4.98 Å². The Hall–Kier alpha value is -2.32. The summed E-state index contributed by atoms with van der Waals surface area (Å²) in [6, 6.07) is 2.28. The minimum absolute atomic E-state index is 0.265. The van der Waals surface area contributed by atoms with Gasteiger partial charge in [0.25, 0.3) is 0 Å². The average molecular weight is 467 g/mol. The first kappa shape index (κ1) is 22.5. The molecule has 2 aliphatic carbocycles. The van der Waals surface area contributed by atoms with E-state index in [4.69, 9.17) is 15.0 Å². The molecule has 2 saturated carbocycles. The van der Waals surface area contributed by atoms with Crippen LogP contribution in [-0.4, -0.2) is 43.2 Å². The third-order valence-corrected chi connectivity index (χ3v) is 8.38. The fraction of sp³-hybridized carbons (Fsp3) is 0.600. The first-order chi connectivity index (χ1) is 15.6. The second kappa shape index (κ2) is 8.17. The maximum atomic E-state index is 10.5. The number of aromatic nitrogens is 4. The summed E-state index contributed by atoms with van der Waals surface area (Å²) in [4.78, 5) is 19.1. The molecule has 3 aromatic rings. The zero-order chi connectivity index (χ0) is 23.4. The van der Waals surface area contributed by atoms with E-state index in [0.717, 1.165) is 63.8 Å². The average Bonchev–Trinajstić information content (AvgIpc) is 3.13. The van der Waals surface area contributed by atoms with Crippen molar-refractivity contribution >= 4 is 33.3 Å². The number of rotatable bonds is 7. The fourth-order valence-corrected chi connectivity index (χ4v) is 5.84. The van der Waals surface area contributed by atoms with E-state index >= 15 is 0 Å². The Bertz CT molecular complexity index is 1180. The maximum absolute atomic E-state index is 10.5. The fourth-order valence-electron chi connectivity index (χ4n) is 4.73. The molecule has 176 valence electrons. The number of aliphatic hydroxyl groups is 1. The molecule has 33 heavy (non-hydrogen) atoms. The van der Waals surface area contributed by atoms with Gasteiger partial charge in [-0.25, -0.2) is 9.97 Å². The van der Waals surface area contributed by atoms with Crippen molar-refractivity contribution in [3.05, 3.63) is 23.7 Å². The molecule has 0 spiro atoms. The van der Waals surface area contributed by atoms with E-state index in [1.807, 2.05) is 40.0 Å². The zero-order valence-electron chi connectivity index (χ0n) is 20.2. The molecule has 3 heterocycles. The van der Waals surface area contributed by atoms with Crippen LogP contribution in [0.15, 0.2) is 12.3 Å². The van der Waals surface area contributed by atoms with Crippen LogP contribution in [0, 0.1) is 25.2 Å². The molecular formula is C25H34N6OS. The lowest BCUT2D eigenvalue weighted by Gasteiger charge is -2.25. The summed E-state index contributed by atoms with van der Waals surface area (Å²) in [6.07, 6.45) is 7.29. The van der Waals surface area contributed by atoms with Crippen LogP contribution in [-0.2, 0) is 0 Å². The van der Waals surface area contributed by atoms with E-state index in [1.165, 1.54) is 12.8 Å². The molecule has 7 nitrogen and oxygen atoms in total. The third kappa shape index (κ3) is 4.68. The molecule has 0 radical (unpaired) electrons. The van der Waals surface area contributed by atoms with E-state index in [1.54, 1.807) is 11.3 Å². The SMILES string of the molecule is Cc1nc(NCC2(C)CC2)nc(NC2CCC(C(C)(C)O)C2)c1-c1nc2c(C)nccc2s1. The highest BCUT2D eigenvalue weighted by Crippen LogP contribution is 2.45. The second-order valence-electron chi connectivity index (χ2n) is 10.8. The van der Waals surface area contributed by atoms with Gasteiger partial charge in [0.05, 0.1) is 27.3 Å². The van der Waals surface area contributed by atoms with Crippen molar-refractivity contribution in [3.8, 4) is 10.6 Å². The largest absolute Gasteiger partial charge is 0.390 e. The molecule has 0 aliphatic heterocycles. The van der Waals surface area contributed by atoms with Crippen LogP contribution >= 0.6 is 11.3 Å². The normalized spacial score (nSPS) is 22.0. The maximum Gasteiger partial charge on any atom is 0.224 e. The molecule has 5 rings (SSSR count). The van der Waals surface area contributed by atoms with Gasteiger partial charge in [-0.1, -0.05) is 6.92 Å². The molecular weight excluding hydrogens is 432 g/mol. The van der Waals surface area contributed by atoms with Crippen molar-refractivity contribution in [1.29, 1.82) is 0 Å². The minimum atomic E-state index is -0.662. The molecule has 3 aromatic heterocycles. The van der Waals surface area contributed by atoms with Crippen LogP contribution in [0.2, 0.25) is 0 Å². The monoisotopic (exact) mass is 466 g/mol. The van der Waals surface area contributed by atoms with Crippen LogP contribution in [0.4, 0.5) is 11.8 Å². The molecule has 2 atom stereocenters. The standard InChI is InChI=1S/C25H34N6OS/c1-14-19(22-30-20-15(2)26-11-8-18(20)33-22)21(29-17-7-6-16(12-17)24(3,4)32)31-23(28-14)27-13-25(5)9-10-25/h8,11,16-17,32H,6-7,9-10,12-13H2,1-5H3,(H2,27,28,29,31). The number of nitrogens with zero attached hydrogens (tertiary/aromatic N) is 4. The molecule has 0 aromatic carbocycles. The Morgan fingerprint density at radius 2 is 1.94 bits per heavy atom. The van der Waals surface area contributed by atoms with E-state index in [-0.39, 0.29) is 12.0 Å².